The minimum Gasteiger partial charge on any atom is -1.00 e. The van der Waals surface area contributed by atoms with E-state index in [1.165, 1.54) is 56.9 Å². The van der Waals surface area contributed by atoms with Gasteiger partial charge < -0.3 is 31.4 Å². The van der Waals surface area contributed by atoms with Crippen LogP contribution >= 0.6 is 0 Å². The number of fused-ring (bicyclic) bond motifs is 5. The highest BCUT2D eigenvalue weighted by Crippen LogP contribution is 2.70. The van der Waals surface area contributed by atoms with Crippen molar-refractivity contribution in [2.45, 2.75) is 138 Å². The molecule has 4 aliphatic carbocycles. The van der Waals surface area contributed by atoms with E-state index in [1.807, 2.05) is 0 Å². The molecular weight excluding hydrogens is 570 g/mol. The van der Waals surface area contributed by atoms with Crippen LogP contribution in [0.15, 0.2) is 11.6 Å². The number of rotatable bonds is 14. The van der Waals surface area contributed by atoms with Crippen molar-refractivity contribution in [3.63, 3.8) is 0 Å². The van der Waals surface area contributed by atoms with Crippen molar-refractivity contribution >= 4 is 0 Å². The molecule has 4 aliphatic rings. The molecule has 0 radical (unpaired) electrons. The normalized spacial score (nSPS) is 38.8. The van der Waals surface area contributed by atoms with Crippen LogP contribution in [0, 0.1) is 46.3 Å². The summed E-state index contributed by atoms with van der Waals surface area (Å²) in [7, 11) is 6.73. The number of ether oxygens (including phenoxy) is 4. The van der Waals surface area contributed by atoms with E-state index >= 15 is 0 Å². The van der Waals surface area contributed by atoms with Crippen LogP contribution in [0.1, 0.15) is 120 Å². The van der Waals surface area contributed by atoms with Gasteiger partial charge in [0.25, 0.3) is 11.5 Å². The lowest BCUT2D eigenvalue weighted by atomic mass is 9.45. The maximum Gasteiger partial charge on any atom is 0.280 e. The van der Waals surface area contributed by atoms with Gasteiger partial charge in [0, 0.05) is 25.2 Å². The van der Waals surface area contributed by atoms with E-state index in [-0.39, 0.29) is 23.9 Å². The maximum absolute atomic E-state index is 7.00. The van der Waals surface area contributed by atoms with E-state index in [0.29, 0.717) is 48.2 Å². The predicted octanol–water partition coefficient (Wildman–Crippen LogP) is 5.87. The third-order valence-corrected chi connectivity index (χ3v) is 13.1. The van der Waals surface area contributed by atoms with Crippen molar-refractivity contribution in [3.8, 4) is 0 Å². The topological polar surface area (TPSA) is 36.9 Å². The third kappa shape index (κ3) is 6.00. The summed E-state index contributed by atoms with van der Waals surface area (Å²) in [5, 5.41) is 0. The average molecular weight is 640 g/mol. The van der Waals surface area contributed by atoms with Crippen molar-refractivity contribution in [3.05, 3.63) is 11.6 Å². The van der Waals surface area contributed by atoms with Crippen LogP contribution in [-0.2, 0) is 18.9 Å². The van der Waals surface area contributed by atoms with E-state index in [0.717, 1.165) is 30.1 Å². The van der Waals surface area contributed by atoms with Crippen molar-refractivity contribution in [1.82, 2.24) is 0 Å². The molecule has 4 rings (SSSR count). The van der Waals surface area contributed by atoms with Gasteiger partial charge in [-0.1, -0.05) is 65.5 Å². The van der Waals surface area contributed by atoms with Gasteiger partial charge in [0.15, 0.2) is 0 Å². The van der Waals surface area contributed by atoms with Crippen molar-refractivity contribution in [2.75, 3.05) is 47.6 Å². The molecule has 5 nitrogen and oxygen atoms in total. The summed E-state index contributed by atoms with van der Waals surface area (Å²) in [5.74, 6) is 3.50. The SMILES string of the molecule is CCOC1C(OCC)(OCC)C(OCC)([N+](C)(C)C)CC2=CCC3C(CC[C@@]4(C)C3CC[C@@H]4[C@H](C)CCCC(C)C)[C@]21C.[Cl-]. The first-order valence-corrected chi connectivity index (χ1v) is 18.3. The van der Waals surface area contributed by atoms with Crippen LogP contribution < -0.4 is 12.4 Å². The first-order valence-electron chi connectivity index (χ1n) is 18.3. The second-order valence-corrected chi connectivity index (χ2v) is 16.4. The smallest absolute Gasteiger partial charge is 0.280 e. The highest BCUT2D eigenvalue weighted by atomic mass is 35.5. The van der Waals surface area contributed by atoms with E-state index in [9.17, 15) is 0 Å². The van der Waals surface area contributed by atoms with Crippen molar-refractivity contribution in [1.29, 1.82) is 0 Å². The van der Waals surface area contributed by atoms with Crippen LogP contribution in [-0.4, -0.2) is 69.7 Å². The molecule has 0 aromatic rings. The van der Waals surface area contributed by atoms with Crippen LogP contribution in [0.4, 0.5) is 0 Å². The van der Waals surface area contributed by atoms with Gasteiger partial charge in [0.2, 0.25) is 0 Å². The number of hydrogen-bond acceptors (Lipinski definition) is 4. The summed E-state index contributed by atoms with van der Waals surface area (Å²) in [6.07, 6.45) is 13.9. The summed E-state index contributed by atoms with van der Waals surface area (Å²) < 4.78 is 28.4. The number of likely N-dealkylation sites (N-methyl/N-ethyl adjacent to an activating group) is 1. The summed E-state index contributed by atoms with van der Waals surface area (Å²) >= 11 is 0. The second kappa shape index (κ2) is 14.5. The number of allylic oxidation sites excluding steroid dienone is 1. The highest BCUT2D eigenvalue weighted by Gasteiger charge is 2.77. The largest absolute Gasteiger partial charge is 1.00 e. The molecule has 0 N–H and O–H groups in total. The predicted molar refractivity (Wildman–Crippen MR) is 178 cm³/mol. The fourth-order valence-electron chi connectivity index (χ4n) is 11.3. The molecule has 44 heavy (non-hydrogen) atoms. The summed E-state index contributed by atoms with van der Waals surface area (Å²) in [4.78, 5) is 0. The van der Waals surface area contributed by atoms with Gasteiger partial charge in [-0.15, -0.1) is 0 Å². The average Bonchev–Trinajstić information content (AvgIpc) is 3.28. The third-order valence-electron chi connectivity index (χ3n) is 13.1. The highest BCUT2D eigenvalue weighted by molar-refractivity contribution is 5.33. The van der Waals surface area contributed by atoms with E-state index in [2.05, 4.69) is 89.5 Å². The number of hydrogen-bond donors (Lipinski definition) is 0. The van der Waals surface area contributed by atoms with Crippen molar-refractivity contribution < 1.29 is 35.8 Å². The van der Waals surface area contributed by atoms with Gasteiger partial charge in [0.1, 0.15) is 6.10 Å². The van der Waals surface area contributed by atoms with Crippen LogP contribution in [0.2, 0.25) is 0 Å². The Morgan fingerprint density at radius 2 is 1.48 bits per heavy atom. The molecule has 5 unspecified atom stereocenters. The molecule has 0 heterocycles. The molecule has 6 heteroatoms. The minimum atomic E-state index is -1.02. The maximum atomic E-state index is 7.00. The van der Waals surface area contributed by atoms with Gasteiger partial charge in [-0.05, 0) is 101 Å². The van der Waals surface area contributed by atoms with E-state index in [4.69, 9.17) is 18.9 Å². The molecule has 0 aromatic carbocycles. The molecule has 0 amide bonds. The summed E-state index contributed by atoms with van der Waals surface area (Å²) in [6, 6.07) is 0. The van der Waals surface area contributed by atoms with Gasteiger partial charge in [-0.2, -0.15) is 0 Å². The Balaban J connectivity index is 0.00000529. The second-order valence-electron chi connectivity index (χ2n) is 16.4. The number of quaternary nitrogens is 1. The molecule has 0 aliphatic heterocycles. The Kier molecular flexibility index (Phi) is 12.6. The molecule has 258 valence electrons. The van der Waals surface area contributed by atoms with Gasteiger partial charge in [-0.3, -0.25) is 4.48 Å². The zero-order chi connectivity index (χ0) is 31.8. The fraction of sp³-hybridized carbons (Fsp3) is 0.947. The molecule has 0 spiro atoms. The molecule has 3 fully saturated rings. The minimum absolute atomic E-state index is 0. The van der Waals surface area contributed by atoms with Gasteiger partial charge in [0.05, 0.1) is 34.2 Å². The van der Waals surface area contributed by atoms with E-state index in [1.54, 1.807) is 0 Å². The quantitative estimate of drug-likeness (QED) is 0.135. The number of halogens is 1. The van der Waals surface area contributed by atoms with Gasteiger partial charge in [-0.25, -0.2) is 0 Å². The Labute approximate surface area is 278 Å². The summed E-state index contributed by atoms with van der Waals surface area (Å²) in [6.45, 7) is 23.3. The standard InChI is InChI=1S/C38H70NO4.ClH/c1-13-40-34-36(9)29(26-37(41-14-2,39(10,11)12)38(34,42-15-3)43-16-4)20-21-30-32-23-22-31(28(7)19-17-18-27(5)6)35(32,8)25-24-33(30)36;/h20,27-28,30-34H,13-19,21-26H2,1-12H3;1H/q+1;/p-1/t28-,30?,31-,32?,33?,34?,35-,36+,37?;/m1./s1. The monoisotopic (exact) mass is 639 g/mol. The molecule has 0 saturated heterocycles. The first-order chi connectivity index (χ1) is 20.2. The lowest BCUT2D eigenvalue weighted by Crippen LogP contribution is -3.00. The Morgan fingerprint density at radius 3 is 2.02 bits per heavy atom. The van der Waals surface area contributed by atoms with Crippen LogP contribution in [0.5, 0.6) is 0 Å². The Bertz CT molecular complexity index is 957. The molecule has 0 aromatic heterocycles. The van der Waals surface area contributed by atoms with E-state index < -0.39 is 11.5 Å². The lowest BCUT2D eigenvalue weighted by molar-refractivity contribution is -0.968. The van der Waals surface area contributed by atoms with Gasteiger partial charge >= 0.3 is 0 Å². The molecular formula is C38H70ClNO4. The Hall–Kier alpha value is -0.170. The van der Waals surface area contributed by atoms with Crippen molar-refractivity contribution in [2.24, 2.45) is 46.3 Å². The number of nitrogens with zero attached hydrogens (tertiary/aromatic N) is 1. The fourth-order valence-corrected chi connectivity index (χ4v) is 11.3. The zero-order valence-electron chi connectivity index (χ0n) is 30.8. The molecule has 9 atom stereocenters. The van der Waals surface area contributed by atoms with Crippen LogP contribution in [0.3, 0.4) is 0 Å². The Morgan fingerprint density at radius 1 is 0.841 bits per heavy atom. The molecule has 0 bridgehead atoms. The summed E-state index contributed by atoms with van der Waals surface area (Å²) in [5.41, 5.74) is 1.08. The first kappa shape index (κ1) is 38.3. The zero-order valence-corrected chi connectivity index (χ0v) is 31.5. The lowest BCUT2D eigenvalue weighted by Gasteiger charge is -2.67. The molecule has 3 saturated carbocycles. The van der Waals surface area contributed by atoms with Crippen LogP contribution in [0.25, 0.3) is 0 Å².